The summed E-state index contributed by atoms with van der Waals surface area (Å²) in [4.78, 5) is 12.0. The number of aliphatic hydroxyl groups excluding tert-OH is 2. The van der Waals surface area contributed by atoms with E-state index in [1.165, 1.54) is 17.2 Å². The van der Waals surface area contributed by atoms with Gasteiger partial charge in [-0.2, -0.15) is 4.98 Å². The van der Waals surface area contributed by atoms with Gasteiger partial charge in [0, 0.05) is 6.42 Å². The van der Waals surface area contributed by atoms with Gasteiger partial charge in [-0.15, -0.1) is 0 Å². The summed E-state index contributed by atoms with van der Waals surface area (Å²) in [6.07, 6.45) is -2.03. The lowest BCUT2D eigenvalue weighted by Gasteiger charge is -2.26. The Bertz CT molecular complexity index is 1330. The Kier molecular flexibility index (Phi) is 7.19. The first-order valence-electron chi connectivity index (χ1n) is 11.7. The van der Waals surface area contributed by atoms with Crippen LogP contribution in [0.15, 0.2) is 61.2 Å². The number of methoxy groups -OCH3 is 2. The zero-order valence-corrected chi connectivity index (χ0v) is 20.3. The van der Waals surface area contributed by atoms with Crippen LogP contribution in [-0.2, 0) is 22.5 Å². The second-order valence-electron chi connectivity index (χ2n) is 8.74. The normalized spacial score (nSPS) is 22.3. The minimum Gasteiger partial charge on any atom is -0.497 e. The summed E-state index contributed by atoms with van der Waals surface area (Å²) in [5.74, 6) is 1.18. The Hall–Kier alpha value is -3.77. The number of aliphatic hydroxyl groups is 2. The first-order chi connectivity index (χ1) is 18.0. The van der Waals surface area contributed by atoms with E-state index in [1.54, 1.807) is 14.2 Å². The van der Waals surface area contributed by atoms with Gasteiger partial charge in [0.25, 0.3) is 0 Å². The van der Waals surface area contributed by atoms with Crippen molar-refractivity contribution in [2.24, 2.45) is 0 Å². The van der Waals surface area contributed by atoms with Gasteiger partial charge in [0.2, 0.25) is 5.88 Å². The van der Waals surface area contributed by atoms with Crippen LogP contribution < -0.4 is 9.47 Å². The molecule has 11 nitrogen and oxygen atoms in total. The highest BCUT2D eigenvalue weighted by Crippen LogP contribution is 2.35. The fourth-order valence-electron chi connectivity index (χ4n) is 4.44. The molecule has 5 atom stereocenters. The molecule has 1 fully saturated rings. The molecule has 1 aliphatic rings. The van der Waals surface area contributed by atoms with Crippen molar-refractivity contribution in [1.29, 1.82) is 0 Å². The van der Waals surface area contributed by atoms with Crippen molar-refractivity contribution in [2.45, 2.75) is 43.7 Å². The lowest BCUT2D eigenvalue weighted by molar-refractivity contribution is -0.111. The first kappa shape index (κ1) is 24.9. The molecule has 3 heterocycles. The van der Waals surface area contributed by atoms with E-state index in [-0.39, 0.29) is 23.7 Å². The molecular formula is C26H28N4O7. The van der Waals surface area contributed by atoms with E-state index < -0.39 is 30.6 Å². The monoisotopic (exact) mass is 508 g/mol. The van der Waals surface area contributed by atoms with Gasteiger partial charge in [-0.25, -0.2) is 9.97 Å². The van der Waals surface area contributed by atoms with Gasteiger partial charge in [0.15, 0.2) is 17.4 Å². The third-order valence-electron chi connectivity index (χ3n) is 6.47. The van der Waals surface area contributed by atoms with Gasteiger partial charge in [0.05, 0.1) is 33.3 Å². The van der Waals surface area contributed by atoms with Crippen molar-refractivity contribution in [3.63, 3.8) is 0 Å². The van der Waals surface area contributed by atoms with Gasteiger partial charge in [-0.1, -0.05) is 24.3 Å². The molecule has 3 N–H and O–H groups in total. The highest BCUT2D eigenvalue weighted by molar-refractivity contribution is 5.75. The van der Waals surface area contributed by atoms with Crippen molar-refractivity contribution >= 4 is 11.2 Å². The SMILES string of the molecule is COc1ccc(COC(Cc2ccc(OC)cc2)[C@H]2O[C@@H](n3cnc4c(O)ncnc43)[C@H](O)[C@@H]2O)cc1. The summed E-state index contributed by atoms with van der Waals surface area (Å²) < 4.78 is 24.4. The van der Waals surface area contributed by atoms with Gasteiger partial charge in [0.1, 0.15) is 36.1 Å². The minimum absolute atomic E-state index is 0.168. The summed E-state index contributed by atoms with van der Waals surface area (Å²) in [5, 5.41) is 32.0. The number of hydrogen-bond acceptors (Lipinski definition) is 10. The standard InChI is InChI=1S/C26H28N4O7/c1-34-17-7-3-15(4-8-17)11-19(36-12-16-5-9-18(35-2)10-6-16)23-21(31)22(32)26(37-23)30-14-29-20-24(30)27-13-28-25(20)33/h3-10,13-14,19,21-23,26,31-32H,11-12H2,1-2H3,(H,27,28,33)/t19?,21-,22+,23+,26+/m0/s1. The number of imidazole rings is 1. The van der Waals surface area contributed by atoms with Crippen LogP contribution in [0.25, 0.3) is 11.2 Å². The molecule has 2 aromatic carbocycles. The van der Waals surface area contributed by atoms with E-state index in [1.807, 2.05) is 48.5 Å². The number of rotatable bonds is 9. The second-order valence-corrected chi connectivity index (χ2v) is 8.74. The zero-order chi connectivity index (χ0) is 25.9. The zero-order valence-electron chi connectivity index (χ0n) is 20.3. The Morgan fingerprint density at radius 3 is 2.19 bits per heavy atom. The maximum atomic E-state index is 11.0. The number of fused-ring (bicyclic) bond motifs is 1. The van der Waals surface area contributed by atoms with Crippen molar-refractivity contribution in [3.05, 3.63) is 72.3 Å². The van der Waals surface area contributed by atoms with Crippen LogP contribution in [0.1, 0.15) is 17.4 Å². The molecule has 0 amide bonds. The summed E-state index contributed by atoms with van der Waals surface area (Å²) in [5.41, 5.74) is 2.30. The number of hydrogen-bond donors (Lipinski definition) is 3. The number of aromatic hydroxyl groups is 1. The topological polar surface area (TPSA) is 141 Å². The lowest BCUT2D eigenvalue weighted by Crippen LogP contribution is -2.41. The molecule has 1 unspecified atom stereocenters. The van der Waals surface area contributed by atoms with E-state index in [0.717, 1.165) is 22.6 Å². The van der Waals surface area contributed by atoms with E-state index in [2.05, 4.69) is 15.0 Å². The Balaban J connectivity index is 1.40. The average molecular weight is 509 g/mol. The highest BCUT2D eigenvalue weighted by Gasteiger charge is 2.48. The molecular weight excluding hydrogens is 480 g/mol. The van der Waals surface area contributed by atoms with Crippen LogP contribution in [0.3, 0.4) is 0 Å². The third kappa shape index (κ3) is 5.07. The van der Waals surface area contributed by atoms with Crippen molar-refractivity contribution < 1.29 is 34.3 Å². The smallest absolute Gasteiger partial charge is 0.242 e. The van der Waals surface area contributed by atoms with E-state index in [4.69, 9.17) is 18.9 Å². The minimum atomic E-state index is -1.29. The molecule has 11 heteroatoms. The lowest BCUT2D eigenvalue weighted by atomic mass is 9.98. The Morgan fingerprint density at radius 1 is 0.892 bits per heavy atom. The first-order valence-corrected chi connectivity index (χ1v) is 11.7. The molecule has 1 saturated heterocycles. The third-order valence-corrected chi connectivity index (χ3v) is 6.47. The van der Waals surface area contributed by atoms with Crippen LogP contribution in [0, 0.1) is 0 Å². The van der Waals surface area contributed by atoms with E-state index in [9.17, 15) is 15.3 Å². The van der Waals surface area contributed by atoms with Crippen molar-refractivity contribution in [3.8, 4) is 17.4 Å². The largest absolute Gasteiger partial charge is 0.497 e. The second kappa shape index (κ2) is 10.7. The van der Waals surface area contributed by atoms with Gasteiger partial charge >= 0.3 is 0 Å². The van der Waals surface area contributed by atoms with Crippen LogP contribution in [0.2, 0.25) is 0 Å². The number of aromatic nitrogens is 4. The summed E-state index contributed by atoms with van der Waals surface area (Å²) in [6, 6.07) is 15.0. The number of ether oxygens (including phenoxy) is 4. The molecule has 0 aliphatic carbocycles. The van der Waals surface area contributed by atoms with E-state index >= 15 is 0 Å². The van der Waals surface area contributed by atoms with E-state index in [0.29, 0.717) is 6.42 Å². The summed E-state index contributed by atoms with van der Waals surface area (Å²) in [6.45, 7) is 0.257. The maximum absolute atomic E-state index is 11.0. The number of nitrogens with zero attached hydrogens (tertiary/aromatic N) is 4. The Labute approximate surface area is 212 Å². The molecule has 0 radical (unpaired) electrons. The van der Waals surface area contributed by atoms with Crippen LogP contribution in [0.4, 0.5) is 0 Å². The van der Waals surface area contributed by atoms with Crippen molar-refractivity contribution in [1.82, 2.24) is 19.5 Å². The van der Waals surface area contributed by atoms with Crippen molar-refractivity contribution in [2.75, 3.05) is 14.2 Å². The van der Waals surface area contributed by atoms with Gasteiger partial charge < -0.3 is 34.3 Å². The average Bonchev–Trinajstić information content (AvgIpc) is 3.49. The van der Waals surface area contributed by atoms with Gasteiger partial charge in [-0.3, -0.25) is 4.57 Å². The predicted molar refractivity (Wildman–Crippen MR) is 131 cm³/mol. The van der Waals surface area contributed by atoms with Crippen LogP contribution >= 0.6 is 0 Å². The molecule has 5 rings (SSSR count). The molecule has 194 valence electrons. The summed E-state index contributed by atoms with van der Waals surface area (Å²) in [7, 11) is 3.21. The summed E-state index contributed by atoms with van der Waals surface area (Å²) >= 11 is 0. The highest BCUT2D eigenvalue weighted by atomic mass is 16.6. The fourth-order valence-corrected chi connectivity index (χ4v) is 4.44. The number of benzene rings is 2. The molecule has 1 aliphatic heterocycles. The van der Waals surface area contributed by atoms with Crippen LogP contribution in [-0.4, -0.2) is 73.5 Å². The molecule has 0 saturated carbocycles. The fraction of sp³-hybridized carbons (Fsp3) is 0.346. The quantitative estimate of drug-likeness (QED) is 0.307. The molecule has 2 aromatic heterocycles. The molecule has 4 aromatic rings. The maximum Gasteiger partial charge on any atom is 0.242 e. The molecule has 0 spiro atoms. The molecule has 0 bridgehead atoms. The van der Waals surface area contributed by atoms with Crippen LogP contribution in [0.5, 0.6) is 17.4 Å². The van der Waals surface area contributed by atoms with Gasteiger partial charge in [-0.05, 0) is 35.4 Å². The predicted octanol–water partition coefficient (Wildman–Crippen LogP) is 2.00. The molecule has 37 heavy (non-hydrogen) atoms. The Morgan fingerprint density at radius 2 is 1.54 bits per heavy atom.